The van der Waals surface area contributed by atoms with Gasteiger partial charge in [0.15, 0.2) is 5.82 Å². The average molecular weight is 413 g/mol. The largest absolute Gasteiger partial charge is 0.345 e. The molecule has 0 aliphatic carbocycles. The molecule has 0 saturated carbocycles. The second-order valence-electron chi connectivity index (χ2n) is 6.34. The number of imidazole rings is 1. The monoisotopic (exact) mass is 411 g/mol. The van der Waals surface area contributed by atoms with Gasteiger partial charge in [0.25, 0.3) is 0 Å². The van der Waals surface area contributed by atoms with E-state index in [1.165, 1.54) is 0 Å². The number of anilines is 1. The van der Waals surface area contributed by atoms with Gasteiger partial charge in [0, 0.05) is 13.6 Å². The van der Waals surface area contributed by atoms with Crippen LogP contribution in [0.5, 0.6) is 0 Å². The molecule has 10 heteroatoms. The van der Waals surface area contributed by atoms with E-state index in [-0.39, 0.29) is 0 Å². The Bertz CT molecular complexity index is 965. The van der Waals surface area contributed by atoms with Crippen LogP contribution in [-0.4, -0.2) is 50.2 Å². The molecule has 0 bridgehead atoms. The number of aromatic nitrogens is 5. The van der Waals surface area contributed by atoms with E-state index in [1.807, 2.05) is 23.9 Å². The van der Waals surface area contributed by atoms with Crippen molar-refractivity contribution in [2.75, 3.05) is 25.7 Å². The number of benzene rings is 1. The van der Waals surface area contributed by atoms with E-state index >= 15 is 0 Å². The fourth-order valence-corrected chi connectivity index (χ4v) is 3.62. The Balaban J connectivity index is 1.63. The molecule has 1 aliphatic rings. The van der Waals surface area contributed by atoms with Crippen LogP contribution in [0.4, 0.5) is 5.82 Å². The molecule has 2 aromatic heterocycles. The summed E-state index contributed by atoms with van der Waals surface area (Å²) in [5.74, 6) is 0.907. The topological polar surface area (TPSA) is 55.0 Å². The molecule has 0 fully saturated rings. The van der Waals surface area contributed by atoms with Gasteiger partial charge in [-0.1, -0.05) is 28.4 Å². The lowest BCUT2D eigenvalue weighted by Gasteiger charge is -2.31. The highest BCUT2D eigenvalue weighted by atomic mass is 35.5. The first-order valence-electron chi connectivity index (χ1n) is 7.93. The van der Waals surface area contributed by atoms with Crippen LogP contribution in [0.25, 0.3) is 5.69 Å². The molecule has 136 valence electrons. The summed E-state index contributed by atoms with van der Waals surface area (Å²) in [6.45, 7) is 2.08. The third-order valence-electron chi connectivity index (χ3n) is 4.27. The van der Waals surface area contributed by atoms with Gasteiger partial charge in [-0.25, -0.2) is 9.67 Å². The molecule has 26 heavy (non-hydrogen) atoms. The van der Waals surface area contributed by atoms with Crippen LogP contribution >= 0.6 is 34.8 Å². The predicted molar refractivity (Wildman–Crippen MR) is 102 cm³/mol. The number of hydrogen-bond acceptors (Lipinski definition) is 5. The molecule has 0 amide bonds. The van der Waals surface area contributed by atoms with E-state index < -0.39 is 0 Å². The summed E-state index contributed by atoms with van der Waals surface area (Å²) in [5.41, 5.74) is 2.63. The molecule has 1 aliphatic heterocycles. The Morgan fingerprint density at radius 1 is 1.12 bits per heavy atom. The SMILES string of the molecule is CN1Cc2c(nc(Cl)n2Cc2cn(-c3ccc(Cl)c(Cl)c3)nn2)N(C)C1. The highest BCUT2D eigenvalue weighted by Crippen LogP contribution is 2.29. The maximum atomic E-state index is 6.38. The van der Waals surface area contributed by atoms with Gasteiger partial charge < -0.3 is 9.47 Å². The van der Waals surface area contributed by atoms with Crippen LogP contribution in [0, 0.1) is 0 Å². The lowest BCUT2D eigenvalue weighted by Crippen LogP contribution is -2.38. The van der Waals surface area contributed by atoms with Crippen LogP contribution < -0.4 is 4.90 Å². The van der Waals surface area contributed by atoms with Gasteiger partial charge in [-0.3, -0.25) is 4.90 Å². The minimum atomic E-state index is 0.446. The first-order valence-corrected chi connectivity index (χ1v) is 9.07. The van der Waals surface area contributed by atoms with Gasteiger partial charge in [0.1, 0.15) is 5.69 Å². The molecule has 4 rings (SSSR count). The number of fused-ring (bicyclic) bond motifs is 1. The minimum Gasteiger partial charge on any atom is -0.345 e. The predicted octanol–water partition coefficient (Wildman–Crippen LogP) is 3.31. The number of nitrogens with zero attached hydrogens (tertiary/aromatic N) is 7. The highest BCUT2D eigenvalue weighted by molar-refractivity contribution is 6.42. The molecule has 7 nitrogen and oxygen atoms in total. The van der Waals surface area contributed by atoms with Crippen molar-refractivity contribution in [1.82, 2.24) is 29.4 Å². The Hall–Kier alpha value is -1.80. The lowest BCUT2D eigenvalue weighted by molar-refractivity contribution is 0.306. The van der Waals surface area contributed by atoms with Crippen molar-refractivity contribution in [3.8, 4) is 5.69 Å². The molecule has 0 saturated heterocycles. The summed E-state index contributed by atoms with van der Waals surface area (Å²) in [4.78, 5) is 8.76. The molecule has 0 spiro atoms. The minimum absolute atomic E-state index is 0.446. The van der Waals surface area contributed by atoms with Crippen molar-refractivity contribution in [3.05, 3.63) is 51.1 Å². The number of hydrogen-bond donors (Lipinski definition) is 0. The summed E-state index contributed by atoms with van der Waals surface area (Å²) in [6, 6.07) is 5.32. The lowest BCUT2D eigenvalue weighted by atomic mass is 10.3. The van der Waals surface area contributed by atoms with Gasteiger partial charge in [0.2, 0.25) is 5.28 Å². The fourth-order valence-electron chi connectivity index (χ4n) is 3.09. The molecule has 3 aromatic rings. The molecule has 1 aromatic carbocycles. The molecule has 0 radical (unpaired) electrons. The molecule has 0 unspecified atom stereocenters. The summed E-state index contributed by atoms with van der Waals surface area (Å²) in [6.07, 6.45) is 1.85. The Morgan fingerprint density at radius 3 is 2.69 bits per heavy atom. The standard InChI is InChI=1S/C16H16Cl3N7/c1-23-8-14-15(24(2)9-23)20-16(19)25(14)6-10-7-26(22-21-10)11-3-4-12(17)13(18)5-11/h3-5,7H,6,8-9H2,1-2H3. The molecular weight excluding hydrogens is 397 g/mol. The van der Waals surface area contributed by atoms with Crippen molar-refractivity contribution in [3.63, 3.8) is 0 Å². The summed E-state index contributed by atoms with van der Waals surface area (Å²) >= 11 is 18.4. The van der Waals surface area contributed by atoms with Crippen LogP contribution in [0.15, 0.2) is 24.4 Å². The van der Waals surface area contributed by atoms with Crippen LogP contribution in [-0.2, 0) is 13.1 Å². The highest BCUT2D eigenvalue weighted by Gasteiger charge is 2.25. The van der Waals surface area contributed by atoms with E-state index in [2.05, 4.69) is 32.1 Å². The first kappa shape index (κ1) is 17.6. The quantitative estimate of drug-likeness (QED) is 0.660. The molecule has 0 atom stereocenters. The third kappa shape index (κ3) is 3.16. The third-order valence-corrected chi connectivity index (χ3v) is 5.30. The smallest absolute Gasteiger partial charge is 0.205 e. The van der Waals surface area contributed by atoms with Crippen molar-refractivity contribution in [2.45, 2.75) is 13.1 Å². The average Bonchev–Trinajstić information content (AvgIpc) is 3.17. The zero-order valence-corrected chi connectivity index (χ0v) is 16.5. The van der Waals surface area contributed by atoms with Crippen LogP contribution in [0.3, 0.4) is 0 Å². The maximum Gasteiger partial charge on any atom is 0.205 e. The second kappa shape index (κ2) is 6.74. The zero-order chi connectivity index (χ0) is 18.4. The van der Waals surface area contributed by atoms with Gasteiger partial charge in [-0.15, -0.1) is 5.10 Å². The van der Waals surface area contributed by atoms with Gasteiger partial charge in [-0.2, -0.15) is 0 Å². The molecule has 0 N–H and O–H groups in total. The number of rotatable bonds is 3. The van der Waals surface area contributed by atoms with E-state index in [0.717, 1.165) is 36.1 Å². The van der Waals surface area contributed by atoms with Crippen LogP contribution in [0.1, 0.15) is 11.4 Å². The van der Waals surface area contributed by atoms with Crippen molar-refractivity contribution < 1.29 is 0 Å². The Kier molecular flexibility index (Phi) is 4.56. The molecular formula is C16H16Cl3N7. The Labute approximate surface area is 165 Å². The van der Waals surface area contributed by atoms with Crippen molar-refractivity contribution >= 4 is 40.6 Å². The molecule has 3 heterocycles. The number of halogens is 3. The normalized spacial score (nSPS) is 14.7. The second-order valence-corrected chi connectivity index (χ2v) is 7.50. The summed E-state index contributed by atoms with van der Waals surface area (Å²) in [7, 11) is 4.06. The summed E-state index contributed by atoms with van der Waals surface area (Å²) < 4.78 is 3.62. The van der Waals surface area contributed by atoms with E-state index in [1.54, 1.807) is 16.8 Å². The first-order chi connectivity index (χ1) is 12.4. The van der Waals surface area contributed by atoms with Gasteiger partial charge in [0.05, 0.1) is 40.8 Å². The van der Waals surface area contributed by atoms with Crippen LogP contribution in [0.2, 0.25) is 15.3 Å². The van der Waals surface area contributed by atoms with E-state index in [9.17, 15) is 0 Å². The zero-order valence-electron chi connectivity index (χ0n) is 14.2. The van der Waals surface area contributed by atoms with Crippen molar-refractivity contribution in [2.24, 2.45) is 0 Å². The van der Waals surface area contributed by atoms with Gasteiger partial charge >= 0.3 is 0 Å². The van der Waals surface area contributed by atoms with Gasteiger partial charge in [-0.05, 0) is 36.8 Å². The summed E-state index contributed by atoms with van der Waals surface area (Å²) in [5, 5.41) is 9.84. The van der Waals surface area contributed by atoms with E-state index in [0.29, 0.717) is 21.9 Å². The van der Waals surface area contributed by atoms with E-state index in [4.69, 9.17) is 34.8 Å². The van der Waals surface area contributed by atoms with Crippen molar-refractivity contribution in [1.29, 1.82) is 0 Å². The Morgan fingerprint density at radius 2 is 1.92 bits per heavy atom. The maximum absolute atomic E-state index is 6.38. The fraction of sp³-hybridized carbons (Fsp3) is 0.312.